The number of carbonyl (C=O) groups is 1. The first-order chi connectivity index (χ1) is 7.15. The van der Waals surface area contributed by atoms with Crippen molar-refractivity contribution < 1.29 is 9.90 Å². The summed E-state index contributed by atoms with van der Waals surface area (Å²) in [4.78, 5) is 11.5. The highest BCUT2D eigenvalue weighted by atomic mass is 16.3. The Morgan fingerprint density at radius 1 is 1.40 bits per heavy atom. The molecule has 0 rings (SSSR count). The van der Waals surface area contributed by atoms with E-state index in [0.29, 0.717) is 19.0 Å². The predicted molar refractivity (Wildman–Crippen MR) is 61.6 cm³/mol. The third-order valence-corrected chi connectivity index (χ3v) is 2.64. The van der Waals surface area contributed by atoms with Gasteiger partial charge in [-0.3, -0.25) is 4.79 Å². The zero-order valence-electron chi connectivity index (χ0n) is 10.0. The molecule has 1 amide bonds. The maximum Gasteiger partial charge on any atom is 0.224 e. The molecule has 90 valence electrons. The van der Waals surface area contributed by atoms with Gasteiger partial charge in [-0.05, 0) is 19.4 Å². The van der Waals surface area contributed by atoms with Crippen LogP contribution in [0.1, 0.15) is 26.7 Å². The summed E-state index contributed by atoms with van der Waals surface area (Å²) in [5, 5.41) is 14.7. The fraction of sp³-hybridized carbons (Fsp3) is 0.909. The third-order valence-electron chi connectivity index (χ3n) is 2.64. The SMILES string of the molecule is CCC(CCO)CNC(=O)C(C)CNC. The van der Waals surface area contributed by atoms with Crippen LogP contribution in [0, 0.1) is 11.8 Å². The summed E-state index contributed by atoms with van der Waals surface area (Å²) >= 11 is 0. The Morgan fingerprint density at radius 2 is 2.07 bits per heavy atom. The fourth-order valence-electron chi connectivity index (χ4n) is 1.45. The number of hydrogen-bond acceptors (Lipinski definition) is 3. The zero-order chi connectivity index (χ0) is 11.7. The molecule has 2 unspecified atom stereocenters. The number of carbonyl (C=O) groups excluding carboxylic acids is 1. The van der Waals surface area contributed by atoms with Crippen LogP contribution < -0.4 is 10.6 Å². The summed E-state index contributed by atoms with van der Waals surface area (Å²) in [7, 11) is 1.84. The van der Waals surface area contributed by atoms with Crippen molar-refractivity contribution in [3.8, 4) is 0 Å². The fourth-order valence-corrected chi connectivity index (χ4v) is 1.45. The highest BCUT2D eigenvalue weighted by molar-refractivity contribution is 5.78. The van der Waals surface area contributed by atoms with Gasteiger partial charge in [-0.1, -0.05) is 20.3 Å². The predicted octanol–water partition coefficient (Wildman–Crippen LogP) is 0.367. The van der Waals surface area contributed by atoms with E-state index in [2.05, 4.69) is 17.6 Å². The topological polar surface area (TPSA) is 61.4 Å². The highest BCUT2D eigenvalue weighted by Crippen LogP contribution is 2.06. The molecular weight excluding hydrogens is 192 g/mol. The van der Waals surface area contributed by atoms with Gasteiger partial charge in [0.2, 0.25) is 5.91 Å². The van der Waals surface area contributed by atoms with Crippen molar-refractivity contribution in [2.45, 2.75) is 26.7 Å². The van der Waals surface area contributed by atoms with Crippen molar-refractivity contribution >= 4 is 5.91 Å². The Morgan fingerprint density at radius 3 is 2.53 bits per heavy atom. The lowest BCUT2D eigenvalue weighted by atomic mass is 10.0. The number of rotatable bonds is 8. The number of aliphatic hydroxyl groups excluding tert-OH is 1. The Kier molecular flexibility index (Phi) is 8.33. The summed E-state index contributed by atoms with van der Waals surface area (Å²) < 4.78 is 0. The molecule has 3 N–H and O–H groups in total. The minimum absolute atomic E-state index is 0.00151. The molecule has 0 saturated carbocycles. The van der Waals surface area contributed by atoms with Gasteiger partial charge < -0.3 is 15.7 Å². The summed E-state index contributed by atoms with van der Waals surface area (Å²) in [5.41, 5.74) is 0. The molecule has 0 radical (unpaired) electrons. The minimum Gasteiger partial charge on any atom is -0.396 e. The molecule has 0 aliphatic heterocycles. The molecule has 4 nitrogen and oxygen atoms in total. The molecule has 0 aromatic carbocycles. The average Bonchev–Trinajstić information content (AvgIpc) is 2.24. The van der Waals surface area contributed by atoms with Gasteiger partial charge >= 0.3 is 0 Å². The van der Waals surface area contributed by atoms with Gasteiger partial charge in [0, 0.05) is 25.6 Å². The Bertz CT molecular complexity index is 174. The van der Waals surface area contributed by atoms with Crippen molar-refractivity contribution in [1.82, 2.24) is 10.6 Å². The molecule has 0 heterocycles. The van der Waals surface area contributed by atoms with Crippen LogP contribution in [0.2, 0.25) is 0 Å². The van der Waals surface area contributed by atoms with E-state index in [4.69, 9.17) is 5.11 Å². The molecular formula is C11H24N2O2. The average molecular weight is 216 g/mol. The molecule has 0 saturated heterocycles. The van der Waals surface area contributed by atoms with E-state index in [9.17, 15) is 4.79 Å². The van der Waals surface area contributed by atoms with Crippen molar-refractivity contribution in [3.05, 3.63) is 0 Å². The molecule has 0 aliphatic rings. The van der Waals surface area contributed by atoms with Gasteiger partial charge in [-0.25, -0.2) is 0 Å². The van der Waals surface area contributed by atoms with Gasteiger partial charge in [0.1, 0.15) is 0 Å². The first-order valence-corrected chi connectivity index (χ1v) is 5.68. The molecule has 0 fully saturated rings. The van der Waals surface area contributed by atoms with Crippen LogP contribution in [-0.4, -0.2) is 37.8 Å². The largest absolute Gasteiger partial charge is 0.396 e. The summed E-state index contributed by atoms with van der Waals surface area (Å²) in [6, 6.07) is 0. The van der Waals surface area contributed by atoms with Crippen LogP contribution in [0.15, 0.2) is 0 Å². The van der Waals surface area contributed by atoms with Crippen molar-refractivity contribution in [2.24, 2.45) is 11.8 Å². The maximum absolute atomic E-state index is 11.5. The summed E-state index contributed by atoms with van der Waals surface area (Å²) in [5.74, 6) is 0.475. The van der Waals surface area contributed by atoms with E-state index in [-0.39, 0.29) is 18.4 Å². The van der Waals surface area contributed by atoms with E-state index in [1.54, 1.807) is 0 Å². The molecule has 0 aromatic rings. The smallest absolute Gasteiger partial charge is 0.224 e. The lowest BCUT2D eigenvalue weighted by Gasteiger charge is -2.16. The standard InChI is InChI=1S/C11H24N2O2/c1-4-10(5-6-14)8-13-11(15)9(2)7-12-3/h9-10,12,14H,4-8H2,1-3H3,(H,13,15). The van der Waals surface area contributed by atoms with Crippen LogP contribution in [0.4, 0.5) is 0 Å². The lowest BCUT2D eigenvalue weighted by Crippen LogP contribution is -2.37. The Hall–Kier alpha value is -0.610. The Labute approximate surface area is 92.4 Å². The van der Waals surface area contributed by atoms with E-state index in [1.807, 2.05) is 14.0 Å². The maximum atomic E-state index is 11.5. The van der Waals surface area contributed by atoms with Gasteiger partial charge in [0.25, 0.3) is 0 Å². The first kappa shape index (κ1) is 14.4. The molecule has 0 aliphatic carbocycles. The van der Waals surface area contributed by atoms with Crippen molar-refractivity contribution in [1.29, 1.82) is 0 Å². The second-order valence-corrected chi connectivity index (χ2v) is 3.99. The molecule has 15 heavy (non-hydrogen) atoms. The monoisotopic (exact) mass is 216 g/mol. The lowest BCUT2D eigenvalue weighted by molar-refractivity contribution is -0.124. The molecule has 0 aromatic heterocycles. The van der Waals surface area contributed by atoms with Crippen molar-refractivity contribution in [2.75, 3.05) is 26.7 Å². The normalized spacial score (nSPS) is 14.7. The summed E-state index contributed by atoms with van der Waals surface area (Å²) in [6.45, 7) is 5.54. The zero-order valence-corrected chi connectivity index (χ0v) is 10.0. The quantitative estimate of drug-likeness (QED) is 0.549. The summed E-state index contributed by atoms with van der Waals surface area (Å²) in [6.07, 6.45) is 1.75. The van der Waals surface area contributed by atoms with E-state index in [0.717, 1.165) is 12.8 Å². The Balaban J connectivity index is 3.76. The van der Waals surface area contributed by atoms with E-state index in [1.165, 1.54) is 0 Å². The number of hydrogen-bond donors (Lipinski definition) is 3. The van der Waals surface area contributed by atoms with Gasteiger partial charge in [0.15, 0.2) is 0 Å². The second-order valence-electron chi connectivity index (χ2n) is 3.99. The number of aliphatic hydroxyl groups is 1. The van der Waals surface area contributed by atoms with Crippen LogP contribution in [0.25, 0.3) is 0 Å². The molecule has 4 heteroatoms. The van der Waals surface area contributed by atoms with Gasteiger partial charge in [0.05, 0.1) is 0 Å². The van der Waals surface area contributed by atoms with Gasteiger partial charge in [-0.2, -0.15) is 0 Å². The minimum atomic E-state index is 0.00151. The van der Waals surface area contributed by atoms with E-state index >= 15 is 0 Å². The van der Waals surface area contributed by atoms with E-state index < -0.39 is 0 Å². The van der Waals surface area contributed by atoms with Gasteiger partial charge in [-0.15, -0.1) is 0 Å². The first-order valence-electron chi connectivity index (χ1n) is 5.68. The third kappa shape index (κ3) is 6.47. The number of nitrogens with one attached hydrogen (secondary N) is 2. The number of amides is 1. The second kappa shape index (κ2) is 8.68. The van der Waals surface area contributed by atoms with Crippen LogP contribution in [0.3, 0.4) is 0 Å². The highest BCUT2D eigenvalue weighted by Gasteiger charge is 2.13. The van der Waals surface area contributed by atoms with Crippen molar-refractivity contribution in [3.63, 3.8) is 0 Å². The van der Waals surface area contributed by atoms with Crippen LogP contribution in [-0.2, 0) is 4.79 Å². The molecule has 2 atom stereocenters. The molecule has 0 spiro atoms. The van der Waals surface area contributed by atoms with Crippen LogP contribution in [0.5, 0.6) is 0 Å². The molecule has 0 bridgehead atoms. The van der Waals surface area contributed by atoms with Crippen LogP contribution >= 0.6 is 0 Å².